The van der Waals surface area contributed by atoms with Gasteiger partial charge in [0.25, 0.3) is 0 Å². The lowest BCUT2D eigenvalue weighted by Crippen LogP contribution is -2.49. The molecule has 0 unspecified atom stereocenters. The van der Waals surface area contributed by atoms with Crippen molar-refractivity contribution in [2.45, 2.75) is 27.7 Å². The smallest absolute Gasteiger partial charge is 0.317 e. The van der Waals surface area contributed by atoms with Crippen LogP contribution >= 0.6 is 0 Å². The summed E-state index contributed by atoms with van der Waals surface area (Å²) in [6, 6.07) is 0. The van der Waals surface area contributed by atoms with E-state index in [0.29, 0.717) is 90.6 Å². The number of carbonyl (C=O) groups is 3. The molecule has 0 saturated carbocycles. The number of nitrogens with one attached hydrogen (secondary N) is 1. The summed E-state index contributed by atoms with van der Waals surface area (Å²) in [7, 11) is 0. The summed E-state index contributed by atoms with van der Waals surface area (Å²) < 4.78 is 11.0. The van der Waals surface area contributed by atoms with Crippen LogP contribution in [0.1, 0.15) is 27.7 Å². The van der Waals surface area contributed by atoms with Gasteiger partial charge >= 0.3 is 11.9 Å². The van der Waals surface area contributed by atoms with Gasteiger partial charge in [-0.05, 0) is 11.8 Å². The molecule has 1 heterocycles. The summed E-state index contributed by atoms with van der Waals surface area (Å²) in [6.45, 7) is 16.6. The number of aliphatic carboxylic acids is 2. The van der Waals surface area contributed by atoms with Crippen LogP contribution in [-0.4, -0.2) is 159 Å². The van der Waals surface area contributed by atoms with Gasteiger partial charge in [-0.3, -0.25) is 29.1 Å². The predicted octanol–water partition coefficient (Wildman–Crippen LogP) is -0.161. The third-order valence-corrected chi connectivity index (χ3v) is 6.03. The highest BCUT2D eigenvalue weighted by Crippen LogP contribution is 2.04. The van der Waals surface area contributed by atoms with Crippen molar-refractivity contribution in [3.05, 3.63) is 0 Å². The fourth-order valence-corrected chi connectivity index (χ4v) is 4.20. The Hall–Kier alpha value is -1.83. The maximum absolute atomic E-state index is 12.6. The number of nitrogens with zero attached hydrogens (tertiary/aromatic N) is 4. The van der Waals surface area contributed by atoms with Crippen molar-refractivity contribution < 1.29 is 34.1 Å². The van der Waals surface area contributed by atoms with Gasteiger partial charge in [-0.2, -0.15) is 0 Å². The second kappa shape index (κ2) is 20.1. The highest BCUT2D eigenvalue weighted by atomic mass is 16.5. The van der Waals surface area contributed by atoms with Crippen molar-refractivity contribution in [1.82, 2.24) is 24.9 Å². The minimum Gasteiger partial charge on any atom is -0.480 e. The van der Waals surface area contributed by atoms with Gasteiger partial charge in [0.15, 0.2) is 0 Å². The van der Waals surface area contributed by atoms with Crippen LogP contribution in [0.15, 0.2) is 0 Å². The average molecular weight is 546 g/mol. The molecule has 0 radical (unpaired) electrons. The van der Waals surface area contributed by atoms with Gasteiger partial charge in [-0.1, -0.05) is 27.7 Å². The van der Waals surface area contributed by atoms with Gasteiger partial charge in [0, 0.05) is 72.1 Å². The normalized spacial score (nSPS) is 17.8. The number of amides is 1. The van der Waals surface area contributed by atoms with Gasteiger partial charge in [0.05, 0.1) is 39.5 Å². The van der Waals surface area contributed by atoms with Crippen molar-refractivity contribution in [2.24, 2.45) is 11.8 Å². The Kier molecular flexibility index (Phi) is 18.1. The van der Waals surface area contributed by atoms with E-state index in [9.17, 15) is 24.6 Å². The molecule has 0 aromatic carbocycles. The second-order valence-corrected chi connectivity index (χ2v) is 10.7. The van der Waals surface area contributed by atoms with Crippen LogP contribution in [0, 0.1) is 11.8 Å². The summed E-state index contributed by atoms with van der Waals surface area (Å²) in [5.41, 5.74) is 0. The van der Waals surface area contributed by atoms with E-state index in [-0.39, 0.29) is 25.5 Å². The molecule has 0 aromatic heterocycles. The van der Waals surface area contributed by atoms with Crippen LogP contribution in [0.2, 0.25) is 0 Å². The molecule has 222 valence electrons. The zero-order valence-electron chi connectivity index (χ0n) is 23.9. The van der Waals surface area contributed by atoms with E-state index in [2.05, 4.69) is 42.8 Å². The first-order valence-corrected chi connectivity index (χ1v) is 13.8. The summed E-state index contributed by atoms with van der Waals surface area (Å²) >= 11 is 0. The fourth-order valence-electron chi connectivity index (χ4n) is 4.20. The summed E-state index contributed by atoms with van der Waals surface area (Å²) in [5, 5.41) is 21.6. The van der Waals surface area contributed by atoms with Gasteiger partial charge < -0.3 is 29.9 Å². The van der Waals surface area contributed by atoms with E-state index in [1.165, 1.54) is 0 Å². The molecule has 12 heteroatoms. The van der Waals surface area contributed by atoms with E-state index in [4.69, 9.17) is 9.47 Å². The molecule has 0 bridgehead atoms. The molecule has 1 rings (SSSR count). The first kappa shape index (κ1) is 34.2. The molecule has 0 spiro atoms. The average Bonchev–Trinajstić information content (AvgIpc) is 2.81. The lowest BCUT2D eigenvalue weighted by atomic mass is 10.2. The Labute approximate surface area is 228 Å². The van der Waals surface area contributed by atoms with Crippen molar-refractivity contribution in [3.63, 3.8) is 0 Å². The zero-order chi connectivity index (χ0) is 28.3. The predicted molar refractivity (Wildman–Crippen MR) is 145 cm³/mol. The number of rotatable bonds is 16. The molecule has 38 heavy (non-hydrogen) atoms. The van der Waals surface area contributed by atoms with E-state index in [1.807, 2.05) is 9.80 Å². The van der Waals surface area contributed by atoms with Crippen LogP contribution in [0.5, 0.6) is 0 Å². The van der Waals surface area contributed by atoms with Gasteiger partial charge in [0.2, 0.25) is 5.91 Å². The Balaban J connectivity index is 2.66. The Morgan fingerprint density at radius 1 is 0.658 bits per heavy atom. The van der Waals surface area contributed by atoms with Gasteiger partial charge in [-0.15, -0.1) is 0 Å². The Morgan fingerprint density at radius 2 is 1.11 bits per heavy atom. The zero-order valence-corrected chi connectivity index (χ0v) is 23.9. The topological polar surface area (TPSA) is 135 Å². The molecular formula is C26H51N5O7. The number of ether oxygens (including phenoxy) is 2. The van der Waals surface area contributed by atoms with Crippen molar-refractivity contribution in [2.75, 3.05) is 112 Å². The fraction of sp³-hybridized carbons (Fsp3) is 0.885. The minimum absolute atomic E-state index is 0.0720. The molecule has 0 aromatic rings. The number of hydrogen-bond acceptors (Lipinski definition) is 9. The monoisotopic (exact) mass is 545 g/mol. The van der Waals surface area contributed by atoms with E-state index < -0.39 is 11.9 Å². The van der Waals surface area contributed by atoms with Gasteiger partial charge in [-0.25, -0.2) is 0 Å². The van der Waals surface area contributed by atoms with Crippen LogP contribution in [0.4, 0.5) is 0 Å². The first-order chi connectivity index (χ1) is 18.0. The molecule has 1 aliphatic heterocycles. The number of hydrogen-bond donors (Lipinski definition) is 3. The lowest BCUT2D eigenvalue weighted by Gasteiger charge is -2.33. The van der Waals surface area contributed by atoms with E-state index in [0.717, 1.165) is 13.1 Å². The van der Waals surface area contributed by atoms with E-state index in [1.54, 1.807) is 0 Å². The van der Waals surface area contributed by atoms with Crippen molar-refractivity contribution >= 4 is 17.8 Å². The Morgan fingerprint density at radius 3 is 1.55 bits per heavy atom. The maximum Gasteiger partial charge on any atom is 0.317 e. The quantitative estimate of drug-likeness (QED) is 0.223. The van der Waals surface area contributed by atoms with Crippen molar-refractivity contribution in [1.29, 1.82) is 0 Å². The highest BCUT2D eigenvalue weighted by Gasteiger charge is 2.20. The minimum atomic E-state index is -0.927. The van der Waals surface area contributed by atoms with Crippen LogP contribution in [-0.2, 0) is 23.9 Å². The van der Waals surface area contributed by atoms with E-state index >= 15 is 0 Å². The van der Waals surface area contributed by atoms with Crippen LogP contribution in [0.3, 0.4) is 0 Å². The summed E-state index contributed by atoms with van der Waals surface area (Å²) in [4.78, 5) is 43.5. The number of carboxylic acids is 2. The molecule has 12 nitrogen and oxygen atoms in total. The SMILES string of the molecule is CC(C)COCCOCCNC(=O)CN1CCN(CC(=O)O)CCN(CC(=O)O)CCN(CC(C)C)CC1. The molecule has 1 saturated heterocycles. The highest BCUT2D eigenvalue weighted by molar-refractivity contribution is 5.78. The molecule has 3 N–H and O–H groups in total. The lowest BCUT2D eigenvalue weighted by molar-refractivity contribution is -0.140. The number of carboxylic acid groups (broad SMARTS) is 2. The molecular weight excluding hydrogens is 494 g/mol. The third-order valence-electron chi connectivity index (χ3n) is 6.03. The van der Waals surface area contributed by atoms with Crippen molar-refractivity contribution in [3.8, 4) is 0 Å². The second-order valence-electron chi connectivity index (χ2n) is 10.7. The molecule has 1 aliphatic rings. The maximum atomic E-state index is 12.6. The Bertz CT molecular complexity index is 680. The standard InChI is InChI=1S/C26H51N5O7/c1-22(2)17-28-6-8-29(18-24(32)27-5-14-37-15-16-38-21-23(3)4)9-11-31(20-26(35)36)13-12-30(10-7-28)19-25(33)34/h22-23H,5-21H2,1-4H3,(H,27,32)(H,33,34)(H,35,36). The third kappa shape index (κ3) is 18.4. The number of carbonyl (C=O) groups excluding carboxylic acids is 1. The largest absolute Gasteiger partial charge is 0.480 e. The van der Waals surface area contributed by atoms with Crippen LogP contribution < -0.4 is 5.32 Å². The molecule has 0 atom stereocenters. The first-order valence-electron chi connectivity index (χ1n) is 13.8. The molecule has 1 amide bonds. The summed E-state index contributed by atoms with van der Waals surface area (Å²) in [6.07, 6.45) is 0. The van der Waals surface area contributed by atoms with Crippen LogP contribution in [0.25, 0.3) is 0 Å². The molecule has 1 fully saturated rings. The van der Waals surface area contributed by atoms with Gasteiger partial charge in [0.1, 0.15) is 0 Å². The summed E-state index contributed by atoms with van der Waals surface area (Å²) in [5.74, 6) is -0.970. The molecule has 0 aliphatic carbocycles.